The minimum Gasteiger partial charge on any atom is -0.463 e. The van der Waals surface area contributed by atoms with E-state index in [1.165, 1.54) is 0 Å². The summed E-state index contributed by atoms with van der Waals surface area (Å²) >= 11 is 0. The van der Waals surface area contributed by atoms with Crippen molar-refractivity contribution >= 4 is 17.8 Å². The first-order valence-electron chi connectivity index (χ1n) is 9.97. The number of rotatable bonds is 7. The largest absolute Gasteiger partial charge is 0.463 e. The molecule has 0 aliphatic heterocycles. The van der Waals surface area contributed by atoms with Crippen LogP contribution in [0.3, 0.4) is 0 Å². The van der Waals surface area contributed by atoms with Crippen LogP contribution in [0.15, 0.2) is 11.6 Å². The predicted molar refractivity (Wildman–Crippen MR) is 113 cm³/mol. The first kappa shape index (κ1) is 26.1. The van der Waals surface area contributed by atoms with E-state index in [4.69, 9.17) is 4.74 Å². The minimum absolute atomic E-state index is 0.0808. The van der Waals surface area contributed by atoms with Crippen molar-refractivity contribution in [2.75, 3.05) is 13.7 Å². The number of esters is 1. The maximum atomic E-state index is 13.3. The monoisotopic (exact) mass is 396 g/mol. The summed E-state index contributed by atoms with van der Waals surface area (Å²) < 4.78 is 5.05. The zero-order valence-corrected chi connectivity index (χ0v) is 19.6. The van der Waals surface area contributed by atoms with Crippen LogP contribution in [0.5, 0.6) is 0 Å². The fourth-order valence-electron chi connectivity index (χ4n) is 2.67. The Hall–Kier alpha value is -1.85. The first-order valence-corrected chi connectivity index (χ1v) is 9.97. The molecule has 0 aromatic rings. The molecule has 0 heterocycles. The molecule has 0 saturated heterocycles. The van der Waals surface area contributed by atoms with Crippen molar-refractivity contribution in [2.45, 2.75) is 81.3 Å². The number of hydrogen-bond donors (Lipinski definition) is 1. The van der Waals surface area contributed by atoms with Crippen LogP contribution < -0.4 is 5.32 Å². The molecule has 1 N–H and O–H groups in total. The van der Waals surface area contributed by atoms with E-state index >= 15 is 0 Å². The molecule has 0 spiro atoms. The van der Waals surface area contributed by atoms with E-state index in [1.54, 1.807) is 31.9 Å². The molecular formula is C22H40N2O4. The third-order valence-electron chi connectivity index (χ3n) is 4.57. The summed E-state index contributed by atoms with van der Waals surface area (Å²) in [6.45, 7) is 19.0. The SMILES string of the molecule is CCOC(=O)/C(C)=C/[C@H](C(C)C)N(C)C(=O)[C@@H](NC(=O)C(C)(C)C)C(C)(C)C. The molecule has 0 radical (unpaired) electrons. The van der Waals surface area contributed by atoms with Crippen LogP contribution in [0.1, 0.15) is 69.2 Å². The average Bonchev–Trinajstić information content (AvgIpc) is 2.53. The van der Waals surface area contributed by atoms with E-state index in [9.17, 15) is 14.4 Å². The minimum atomic E-state index is -0.679. The van der Waals surface area contributed by atoms with Gasteiger partial charge in [-0.2, -0.15) is 0 Å². The number of ether oxygens (including phenoxy) is 1. The Morgan fingerprint density at radius 1 is 1.07 bits per heavy atom. The standard InChI is InChI=1S/C22H40N2O4/c1-12-28-19(26)15(4)13-16(14(2)3)24(11)18(25)17(21(5,6)7)23-20(27)22(8,9)10/h13-14,16-17H,12H2,1-11H3,(H,23,27)/b15-13+/t16-,17-/m1/s1. The first-order chi connectivity index (χ1) is 12.5. The smallest absolute Gasteiger partial charge is 0.333 e. The molecule has 6 nitrogen and oxygen atoms in total. The van der Waals surface area contributed by atoms with Gasteiger partial charge in [-0.15, -0.1) is 0 Å². The third-order valence-corrected chi connectivity index (χ3v) is 4.57. The quantitative estimate of drug-likeness (QED) is 0.527. The second-order valence-electron chi connectivity index (χ2n) is 9.78. The van der Waals surface area contributed by atoms with Crippen molar-refractivity contribution in [1.29, 1.82) is 0 Å². The molecule has 2 amide bonds. The lowest BCUT2D eigenvalue weighted by molar-refractivity contribution is -0.142. The molecule has 2 atom stereocenters. The van der Waals surface area contributed by atoms with Gasteiger partial charge in [0.05, 0.1) is 12.6 Å². The van der Waals surface area contributed by atoms with Crippen molar-refractivity contribution < 1.29 is 19.1 Å². The van der Waals surface area contributed by atoms with Gasteiger partial charge in [-0.25, -0.2) is 4.79 Å². The Labute approximate surface area is 171 Å². The fourth-order valence-corrected chi connectivity index (χ4v) is 2.67. The maximum absolute atomic E-state index is 13.3. The van der Waals surface area contributed by atoms with Crippen LogP contribution >= 0.6 is 0 Å². The van der Waals surface area contributed by atoms with Crippen molar-refractivity contribution in [3.05, 3.63) is 11.6 Å². The second-order valence-corrected chi connectivity index (χ2v) is 9.78. The van der Waals surface area contributed by atoms with Crippen molar-refractivity contribution in [1.82, 2.24) is 10.2 Å². The van der Waals surface area contributed by atoms with Gasteiger partial charge in [-0.3, -0.25) is 9.59 Å². The Kier molecular flexibility index (Phi) is 9.41. The fraction of sp³-hybridized carbons (Fsp3) is 0.773. The number of nitrogens with one attached hydrogen (secondary N) is 1. The number of carbonyl (C=O) groups excluding carboxylic acids is 3. The molecule has 6 heteroatoms. The molecule has 28 heavy (non-hydrogen) atoms. The van der Waals surface area contributed by atoms with E-state index in [2.05, 4.69) is 5.32 Å². The van der Waals surface area contributed by atoms with Gasteiger partial charge in [-0.05, 0) is 25.2 Å². The molecule has 0 aliphatic carbocycles. The second kappa shape index (κ2) is 10.1. The normalized spacial score (nSPS) is 15.1. The molecule has 0 unspecified atom stereocenters. The molecular weight excluding hydrogens is 356 g/mol. The molecule has 0 bridgehead atoms. The van der Waals surface area contributed by atoms with E-state index < -0.39 is 16.9 Å². The summed E-state index contributed by atoms with van der Waals surface area (Å²) in [5.41, 5.74) is -0.598. The topological polar surface area (TPSA) is 75.7 Å². The van der Waals surface area contributed by atoms with Gasteiger partial charge in [0.1, 0.15) is 6.04 Å². The Morgan fingerprint density at radius 2 is 1.57 bits per heavy atom. The summed E-state index contributed by atoms with van der Waals surface area (Å²) in [4.78, 5) is 39.5. The van der Waals surface area contributed by atoms with Gasteiger partial charge < -0.3 is 15.0 Å². The lowest BCUT2D eigenvalue weighted by atomic mass is 9.84. The van der Waals surface area contributed by atoms with Crippen LogP contribution in [-0.2, 0) is 19.1 Å². The van der Waals surface area contributed by atoms with Crippen molar-refractivity contribution in [3.63, 3.8) is 0 Å². The zero-order valence-electron chi connectivity index (χ0n) is 19.6. The van der Waals surface area contributed by atoms with Crippen LogP contribution in [-0.4, -0.2) is 48.4 Å². The lowest BCUT2D eigenvalue weighted by Gasteiger charge is -2.38. The lowest BCUT2D eigenvalue weighted by Crippen LogP contribution is -2.57. The number of hydrogen-bond acceptors (Lipinski definition) is 4. The molecule has 0 rings (SSSR count). The molecule has 0 saturated carbocycles. The number of carbonyl (C=O) groups is 3. The molecule has 162 valence electrons. The Bertz CT molecular complexity index is 595. The summed E-state index contributed by atoms with van der Waals surface area (Å²) in [5.74, 6) is -0.662. The zero-order chi connectivity index (χ0) is 22.4. The van der Waals surface area contributed by atoms with Crippen LogP contribution in [0, 0.1) is 16.7 Å². The van der Waals surface area contributed by atoms with Gasteiger partial charge in [0.15, 0.2) is 0 Å². The highest BCUT2D eigenvalue weighted by atomic mass is 16.5. The number of likely N-dealkylation sites (N-methyl/N-ethyl adjacent to an activating group) is 1. The van der Waals surface area contributed by atoms with Crippen LogP contribution in [0.2, 0.25) is 0 Å². The summed E-state index contributed by atoms with van der Waals surface area (Å²) in [5, 5.41) is 2.93. The maximum Gasteiger partial charge on any atom is 0.333 e. The predicted octanol–water partition coefficient (Wildman–Crippen LogP) is 3.56. The molecule has 0 fully saturated rings. The summed E-state index contributed by atoms with van der Waals surface area (Å²) in [6.07, 6.45) is 1.77. The van der Waals surface area contributed by atoms with E-state index in [0.29, 0.717) is 12.2 Å². The highest BCUT2D eigenvalue weighted by Gasteiger charge is 2.38. The van der Waals surface area contributed by atoms with E-state index in [1.807, 2.05) is 55.4 Å². The Balaban J connectivity index is 5.79. The van der Waals surface area contributed by atoms with Gasteiger partial charge in [-0.1, -0.05) is 61.5 Å². The number of nitrogens with zero attached hydrogens (tertiary/aromatic N) is 1. The van der Waals surface area contributed by atoms with Crippen LogP contribution in [0.4, 0.5) is 0 Å². The average molecular weight is 397 g/mol. The van der Waals surface area contributed by atoms with Crippen molar-refractivity contribution in [2.24, 2.45) is 16.7 Å². The summed E-state index contributed by atoms with van der Waals surface area (Å²) in [7, 11) is 1.71. The molecule has 0 aliphatic rings. The number of amides is 2. The Morgan fingerprint density at radius 3 is 1.93 bits per heavy atom. The van der Waals surface area contributed by atoms with Gasteiger partial charge in [0.2, 0.25) is 11.8 Å². The van der Waals surface area contributed by atoms with Gasteiger partial charge >= 0.3 is 5.97 Å². The van der Waals surface area contributed by atoms with Crippen molar-refractivity contribution in [3.8, 4) is 0 Å². The third kappa shape index (κ3) is 7.64. The highest BCUT2D eigenvalue weighted by molar-refractivity contribution is 5.91. The highest BCUT2D eigenvalue weighted by Crippen LogP contribution is 2.25. The van der Waals surface area contributed by atoms with Gasteiger partial charge in [0.25, 0.3) is 0 Å². The van der Waals surface area contributed by atoms with Gasteiger partial charge in [0, 0.05) is 18.0 Å². The molecule has 0 aromatic heterocycles. The molecule has 0 aromatic carbocycles. The summed E-state index contributed by atoms with van der Waals surface area (Å²) in [6, 6.07) is -0.977. The van der Waals surface area contributed by atoms with Crippen LogP contribution in [0.25, 0.3) is 0 Å². The van der Waals surface area contributed by atoms with E-state index in [-0.39, 0.29) is 29.7 Å². The van der Waals surface area contributed by atoms with E-state index in [0.717, 1.165) is 0 Å².